The lowest BCUT2D eigenvalue weighted by Gasteiger charge is -2.34. The van der Waals surface area contributed by atoms with Crippen LogP contribution in [0.25, 0.3) is 10.6 Å². The van der Waals surface area contributed by atoms with Crippen LogP contribution in [0.5, 0.6) is 0 Å². The summed E-state index contributed by atoms with van der Waals surface area (Å²) in [6.45, 7) is 4.14. The maximum Gasteiger partial charge on any atom is 0.253 e. The van der Waals surface area contributed by atoms with Crippen LogP contribution in [0.1, 0.15) is 21.6 Å². The maximum absolute atomic E-state index is 12.8. The van der Waals surface area contributed by atoms with Gasteiger partial charge in [0.15, 0.2) is 0 Å². The van der Waals surface area contributed by atoms with Crippen molar-refractivity contribution in [2.24, 2.45) is 0 Å². The van der Waals surface area contributed by atoms with Crippen LogP contribution in [0, 0.1) is 0 Å². The van der Waals surface area contributed by atoms with Crippen molar-refractivity contribution in [3.8, 4) is 10.6 Å². The number of benzene rings is 2. The highest BCUT2D eigenvalue weighted by Crippen LogP contribution is 2.24. The van der Waals surface area contributed by atoms with E-state index in [2.05, 4.69) is 40.8 Å². The van der Waals surface area contributed by atoms with Crippen molar-refractivity contribution in [3.63, 3.8) is 0 Å². The van der Waals surface area contributed by atoms with Gasteiger partial charge < -0.3 is 4.90 Å². The zero-order chi connectivity index (χ0) is 20.1. The summed E-state index contributed by atoms with van der Waals surface area (Å²) in [5.74, 6) is 1.12. The second kappa shape index (κ2) is 9.57. The molecule has 1 aliphatic rings. The van der Waals surface area contributed by atoms with Gasteiger partial charge in [0.1, 0.15) is 5.01 Å². The fourth-order valence-corrected chi connectivity index (χ4v) is 4.87. The molecule has 0 atom stereocenters. The minimum atomic E-state index is 0.139. The molecule has 150 valence electrons. The predicted molar refractivity (Wildman–Crippen MR) is 122 cm³/mol. The number of carbonyl (C=O) groups is 1. The Morgan fingerprint density at radius 3 is 2.45 bits per heavy atom. The van der Waals surface area contributed by atoms with Gasteiger partial charge in [0.2, 0.25) is 0 Å². The number of aromatic nitrogens is 1. The van der Waals surface area contributed by atoms with E-state index in [1.165, 1.54) is 11.1 Å². The summed E-state index contributed by atoms with van der Waals surface area (Å²) >= 11 is 3.49. The van der Waals surface area contributed by atoms with Crippen molar-refractivity contribution in [2.45, 2.75) is 12.3 Å². The molecule has 0 aliphatic carbocycles. The molecule has 0 spiro atoms. The fraction of sp³-hybridized carbons (Fsp3) is 0.304. The Kier molecular flexibility index (Phi) is 6.64. The number of rotatable bonds is 6. The summed E-state index contributed by atoms with van der Waals surface area (Å²) in [7, 11) is 0. The summed E-state index contributed by atoms with van der Waals surface area (Å²) in [6, 6.07) is 18.4. The van der Waals surface area contributed by atoms with Gasteiger partial charge >= 0.3 is 0 Å². The quantitative estimate of drug-likeness (QED) is 0.579. The highest BCUT2D eigenvalue weighted by atomic mass is 32.2. The topological polar surface area (TPSA) is 36.4 Å². The van der Waals surface area contributed by atoms with E-state index >= 15 is 0 Å². The van der Waals surface area contributed by atoms with Crippen molar-refractivity contribution in [3.05, 3.63) is 76.8 Å². The van der Waals surface area contributed by atoms with E-state index in [0.717, 1.165) is 54.7 Å². The average molecular weight is 424 g/mol. The number of hydrogen-bond acceptors (Lipinski definition) is 5. The third-order valence-corrected chi connectivity index (χ3v) is 6.69. The van der Waals surface area contributed by atoms with Crippen molar-refractivity contribution >= 4 is 29.0 Å². The van der Waals surface area contributed by atoms with Gasteiger partial charge in [-0.15, -0.1) is 11.3 Å². The molecule has 0 unspecified atom stereocenters. The Morgan fingerprint density at radius 2 is 1.76 bits per heavy atom. The minimum Gasteiger partial charge on any atom is -0.336 e. The molecule has 4 rings (SSSR count). The molecule has 1 fully saturated rings. The normalized spacial score (nSPS) is 14.9. The summed E-state index contributed by atoms with van der Waals surface area (Å²) in [5.41, 5.74) is 4.33. The highest BCUT2D eigenvalue weighted by Gasteiger charge is 2.22. The molecule has 1 aliphatic heterocycles. The van der Waals surface area contributed by atoms with Crippen LogP contribution in [0.15, 0.2) is 60.0 Å². The molecular formula is C23H25N3OS2. The molecule has 2 heterocycles. The van der Waals surface area contributed by atoms with Crippen molar-refractivity contribution in [1.82, 2.24) is 14.8 Å². The molecule has 1 aromatic heterocycles. The molecule has 0 saturated carbocycles. The van der Waals surface area contributed by atoms with Crippen LogP contribution in [0.4, 0.5) is 0 Å². The number of nitrogens with zero attached hydrogens (tertiary/aromatic N) is 3. The molecule has 6 heteroatoms. The summed E-state index contributed by atoms with van der Waals surface area (Å²) in [6.07, 6.45) is 2.09. The van der Waals surface area contributed by atoms with Crippen LogP contribution in [-0.4, -0.2) is 53.1 Å². The number of hydrogen-bond donors (Lipinski definition) is 0. The monoisotopic (exact) mass is 423 g/mol. The lowest BCUT2D eigenvalue weighted by Crippen LogP contribution is -2.48. The molecule has 1 amide bonds. The van der Waals surface area contributed by atoms with Gasteiger partial charge in [0.25, 0.3) is 5.91 Å². The summed E-state index contributed by atoms with van der Waals surface area (Å²) in [5, 5.41) is 3.22. The SMILES string of the molecule is CSCc1ccc(C(=O)N2CCN(Cc3csc(-c4ccccc4)n3)CC2)cc1. The zero-order valence-corrected chi connectivity index (χ0v) is 18.2. The Hall–Kier alpha value is -2.15. The molecular weight excluding hydrogens is 398 g/mol. The second-order valence-corrected chi connectivity index (χ2v) is 8.93. The number of thiazole rings is 1. The van der Waals surface area contributed by atoms with Gasteiger partial charge in [-0.05, 0) is 24.0 Å². The van der Waals surface area contributed by atoms with Crippen LogP contribution >= 0.6 is 23.1 Å². The fourth-order valence-electron chi connectivity index (χ4n) is 3.52. The van der Waals surface area contributed by atoms with Crippen LogP contribution in [-0.2, 0) is 12.3 Å². The van der Waals surface area contributed by atoms with Crippen molar-refractivity contribution in [2.75, 3.05) is 32.4 Å². The average Bonchev–Trinajstić information content (AvgIpc) is 3.24. The van der Waals surface area contributed by atoms with Gasteiger partial charge in [0, 0.05) is 55.0 Å². The first-order valence-electron chi connectivity index (χ1n) is 9.82. The standard InChI is InChI=1S/C23H25N3OS2/c1-28-16-18-7-9-20(10-8-18)23(27)26-13-11-25(12-14-26)15-21-17-29-22(24-21)19-5-3-2-4-6-19/h2-10,17H,11-16H2,1H3. The van der Waals surface area contributed by atoms with Crippen LogP contribution < -0.4 is 0 Å². The first-order valence-corrected chi connectivity index (χ1v) is 12.1. The first kappa shape index (κ1) is 20.1. The minimum absolute atomic E-state index is 0.139. The van der Waals surface area contributed by atoms with Gasteiger partial charge in [-0.2, -0.15) is 11.8 Å². The molecule has 0 bridgehead atoms. The smallest absolute Gasteiger partial charge is 0.253 e. The van der Waals surface area contributed by atoms with E-state index in [4.69, 9.17) is 4.98 Å². The van der Waals surface area contributed by atoms with E-state index in [9.17, 15) is 4.79 Å². The third-order valence-electron chi connectivity index (χ3n) is 5.13. The molecule has 1 saturated heterocycles. The van der Waals surface area contributed by atoms with Gasteiger partial charge in [-0.25, -0.2) is 4.98 Å². The Bertz CT molecular complexity index is 932. The highest BCUT2D eigenvalue weighted by molar-refractivity contribution is 7.97. The summed E-state index contributed by atoms with van der Waals surface area (Å²) in [4.78, 5) is 21.9. The van der Waals surface area contributed by atoms with Crippen molar-refractivity contribution < 1.29 is 4.79 Å². The molecule has 2 aromatic carbocycles. The van der Waals surface area contributed by atoms with Crippen LogP contribution in [0.3, 0.4) is 0 Å². The zero-order valence-electron chi connectivity index (χ0n) is 16.6. The number of carbonyl (C=O) groups excluding carboxylic acids is 1. The van der Waals surface area contributed by atoms with E-state index in [0.29, 0.717) is 0 Å². The first-order chi connectivity index (χ1) is 14.2. The van der Waals surface area contributed by atoms with Crippen LogP contribution in [0.2, 0.25) is 0 Å². The van der Waals surface area contributed by atoms with Crippen molar-refractivity contribution in [1.29, 1.82) is 0 Å². The Balaban J connectivity index is 1.30. The summed E-state index contributed by atoms with van der Waals surface area (Å²) < 4.78 is 0. The Labute approximate surface area is 180 Å². The third kappa shape index (κ3) is 5.07. The number of thioether (sulfide) groups is 1. The van der Waals surface area contributed by atoms with E-state index in [1.54, 1.807) is 23.1 Å². The molecule has 0 N–H and O–H groups in total. The predicted octanol–water partition coefficient (Wildman–Crippen LogP) is 4.63. The molecule has 0 radical (unpaired) electrons. The number of amides is 1. The van der Waals surface area contributed by atoms with Gasteiger partial charge in [-0.1, -0.05) is 42.5 Å². The van der Waals surface area contributed by atoms with Gasteiger partial charge in [-0.3, -0.25) is 9.69 Å². The molecule has 29 heavy (non-hydrogen) atoms. The molecule has 4 nitrogen and oxygen atoms in total. The lowest BCUT2D eigenvalue weighted by atomic mass is 10.1. The number of piperazine rings is 1. The van der Waals surface area contributed by atoms with E-state index < -0.39 is 0 Å². The van der Waals surface area contributed by atoms with E-state index in [-0.39, 0.29) is 5.91 Å². The largest absolute Gasteiger partial charge is 0.336 e. The van der Waals surface area contributed by atoms with E-state index in [1.807, 2.05) is 35.2 Å². The van der Waals surface area contributed by atoms with Gasteiger partial charge in [0.05, 0.1) is 5.69 Å². The second-order valence-electron chi connectivity index (χ2n) is 7.21. The lowest BCUT2D eigenvalue weighted by molar-refractivity contribution is 0.0627. The Morgan fingerprint density at radius 1 is 1.03 bits per heavy atom. The molecule has 3 aromatic rings. The maximum atomic E-state index is 12.8.